The van der Waals surface area contributed by atoms with Crippen molar-refractivity contribution in [1.29, 1.82) is 0 Å². The minimum Gasteiger partial charge on any atom is -0.490 e. The van der Waals surface area contributed by atoms with Gasteiger partial charge in [0.25, 0.3) is 0 Å². The van der Waals surface area contributed by atoms with Crippen LogP contribution in [0.15, 0.2) is 18.5 Å². The van der Waals surface area contributed by atoms with Crippen molar-refractivity contribution in [1.82, 2.24) is 15.2 Å². The highest BCUT2D eigenvalue weighted by atomic mass is 16.5. The van der Waals surface area contributed by atoms with Crippen LogP contribution in [0.4, 0.5) is 0 Å². The van der Waals surface area contributed by atoms with E-state index in [4.69, 9.17) is 4.74 Å². The molecule has 1 amide bonds. The van der Waals surface area contributed by atoms with E-state index in [-0.39, 0.29) is 24.5 Å². The fourth-order valence-electron chi connectivity index (χ4n) is 2.77. The number of carbonyl (C=O) groups excluding carboxylic acids is 2. The number of rotatable bonds is 8. The molecule has 2 rings (SSSR count). The number of ketones is 1. The van der Waals surface area contributed by atoms with E-state index in [1.165, 1.54) is 18.9 Å². The number of likely N-dealkylation sites (tertiary alicyclic amines) is 1. The van der Waals surface area contributed by atoms with Gasteiger partial charge in [-0.25, -0.2) is 0 Å². The number of ether oxygens (including phenoxy) is 1. The zero-order valence-corrected chi connectivity index (χ0v) is 13.9. The average molecular weight is 319 g/mol. The van der Waals surface area contributed by atoms with E-state index in [2.05, 4.69) is 22.2 Å². The summed E-state index contributed by atoms with van der Waals surface area (Å²) in [5, 5.41) is 2.74. The maximum atomic E-state index is 11.5. The van der Waals surface area contributed by atoms with Gasteiger partial charge in [-0.2, -0.15) is 0 Å². The second-order valence-electron chi connectivity index (χ2n) is 5.99. The van der Waals surface area contributed by atoms with E-state index < -0.39 is 0 Å². The highest BCUT2D eigenvalue weighted by Crippen LogP contribution is 2.31. The van der Waals surface area contributed by atoms with Crippen LogP contribution >= 0.6 is 0 Å². The van der Waals surface area contributed by atoms with Gasteiger partial charge in [0.15, 0.2) is 0 Å². The molecule has 0 saturated carbocycles. The SMILES string of the molecule is CC(=O)CCC(=O)NCCOc1cncc(C2CCCN2C)c1. The number of hydrogen-bond acceptors (Lipinski definition) is 5. The van der Waals surface area contributed by atoms with E-state index in [0.717, 1.165) is 18.7 Å². The average Bonchev–Trinajstić information content (AvgIpc) is 2.96. The van der Waals surface area contributed by atoms with E-state index in [1.807, 2.05) is 12.3 Å². The van der Waals surface area contributed by atoms with Crippen LogP contribution in [0, 0.1) is 0 Å². The van der Waals surface area contributed by atoms with Gasteiger partial charge in [0.05, 0.1) is 12.7 Å². The molecule has 1 aliphatic heterocycles. The Kier molecular flexibility index (Phi) is 6.52. The molecule has 6 heteroatoms. The Balaban J connectivity index is 1.73. The molecule has 1 fully saturated rings. The summed E-state index contributed by atoms with van der Waals surface area (Å²) in [6.07, 6.45) is 6.46. The second kappa shape index (κ2) is 8.62. The Morgan fingerprint density at radius 1 is 1.39 bits per heavy atom. The summed E-state index contributed by atoms with van der Waals surface area (Å²) in [7, 11) is 2.13. The first-order chi connectivity index (χ1) is 11.1. The molecule has 0 aliphatic carbocycles. The number of carbonyl (C=O) groups is 2. The summed E-state index contributed by atoms with van der Waals surface area (Å²) in [4.78, 5) is 28.9. The van der Waals surface area contributed by atoms with Gasteiger partial charge >= 0.3 is 0 Å². The van der Waals surface area contributed by atoms with Crippen LogP contribution < -0.4 is 10.1 Å². The number of amides is 1. The standard InChI is InChI=1S/C17H25N3O3/c1-13(21)5-6-17(22)19-7-9-23-15-10-14(11-18-12-15)16-4-3-8-20(16)2/h10-12,16H,3-9H2,1-2H3,(H,19,22). The molecular formula is C17H25N3O3. The lowest BCUT2D eigenvalue weighted by Gasteiger charge is -2.19. The fraction of sp³-hybridized carbons (Fsp3) is 0.588. The van der Waals surface area contributed by atoms with Gasteiger partial charge in [-0.15, -0.1) is 0 Å². The minimum absolute atomic E-state index is 0.0242. The fourth-order valence-corrected chi connectivity index (χ4v) is 2.77. The minimum atomic E-state index is -0.122. The van der Waals surface area contributed by atoms with Gasteiger partial charge in [-0.05, 0) is 45.0 Å². The summed E-state index contributed by atoms with van der Waals surface area (Å²) in [5.74, 6) is 0.625. The molecule has 1 atom stereocenters. The zero-order valence-electron chi connectivity index (χ0n) is 13.9. The molecule has 1 aromatic rings. The van der Waals surface area contributed by atoms with Crippen LogP contribution in [0.3, 0.4) is 0 Å². The first kappa shape index (κ1) is 17.4. The number of aromatic nitrogens is 1. The Morgan fingerprint density at radius 2 is 2.22 bits per heavy atom. The normalized spacial score (nSPS) is 17.9. The molecule has 2 heterocycles. The van der Waals surface area contributed by atoms with Gasteiger partial charge in [0.2, 0.25) is 5.91 Å². The lowest BCUT2D eigenvalue weighted by molar-refractivity contribution is -0.124. The largest absolute Gasteiger partial charge is 0.490 e. The molecule has 0 aromatic carbocycles. The van der Waals surface area contributed by atoms with Crippen LogP contribution in [-0.4, -0.2) is 48.3 Å². The molecule has 126 valence electrons. The third kappa shape index (κ3) is 5.63. The quantitative estimate of drug-likeness (QED) is 0.739. The highest BCUT2D eigenvalue weighted by Gasteiger charge is 2.23. The molecular weight excluding hydrogens is 294 g/mol. The van der Waals surface area contributed by atoms with Crippen LogP contribution in [0.5, 0.6) is 5.75 Å². The Hall–Kier alpha value is -1.95. The second-order valence-corrected chi connectivity index (χ2v) is 5.99. The summed E-state index contributed by atoms with van der Waals surface area (Å²) >= 11 is 0. The van der Waals surface area contributed by atoms with Crippen molar-refractivity contribution in [2.24, 2.45) is 0 Å². The van der Waals surface area contributed by atoms with Crippen LogP contribution in [-0.2, 0) is 9.59 Å². The van der Waals surface area contributed by atoms with Crippen molar-refractivity contribution in [2.45, 2.75) is 38.6 Å². The molecule has 0 bridgehead atoms. The molecule has 1 aromatic heterocycles. The van der Waals surface area contributed by atoms with Crippen molar-refractivity contribution in [3.8, 4) is 5.75 Å². The number of nitrogens with one attached hydrogen (secondary N) is 1. The van der Waals surface area contributed by atoms with E-state index in [1.54, 1.807) is 6.20 Å². The summed E-state index contributed by atoms with van der Waals surface area (Å²) in [6.45, 7) is 3.40. The van der Waals surface area contributed by atoms with Crippen LogP contribution in [0.25, 0.3) is 0 Å². The lowest BCUT2D eigenvalue weighted by Crippen LogP contribution is -2.28. The van der Waals surface area contributed by atoms with Gasteiger partial charge in [0, 0.05) is 25.1 Å². The van der Waals surface area contributed by atoms with E-state index >= 15 is 0 Å². The zero-order chi connectivity index (χ0) is 16.7. The molecule has 0 spiro atoms. The lowest BCUT2D eigenvalue weighted by atomic mass is 10.1. The molecule has 1 saturated heterocycles. The van der Waals surface area contributed by atoms with E-state index in [9.17, 15) is 9.59 Å². The topological polar surface area (TPSA) is 71.5 Å². The Bertz CT molecular complexity index is 548. The third-order valence-corrected chi connectivity index (χ3v) is 4.04. The molecule has 1 N–H and O–H groups in total. The molecule has 1 aliphatic rings. The van der Waals surface area contributed by atoms with Gasteiger partial charge in [0.1, 0.15) is 18.1 Å². The van der Waals surface area contributed by atoms with Crippen molar-refractivity contribution in [2.75, 3.05) is 26.7 Å². The number of nitrogens with zero attached hydrogens (tertiary/aromatic N) is 2. The van der Waals surface area contributed by atoms with Crippen molar-refractivity contribution in [3.63, 3.8) is 0 Å². The van der Waals surface area contributed by atoms with Crippen molar-refractivity contribution in [3.05, 3.63) is 24.0 Å². The predicted molar refractivity (Wildman–Crippen MR) is 87.3 cm³/mol. The maximum Gasteiger partial charge on any atom is 0.220 e. The third-order valence-electron chi connectivity index (χ3n) is 4.04. The number of Topliss-reactive ketones (excluding diaryl/α,β-unsaturated/α-hetero) is 1. The Morgan fingerprint density at radius 3 is 2.91 bits per heavy atom. The summed E-state index contributed by atoms with van der Waals surface area (Å²) in [5.41, 5.74) is 1.17. The smallest absolute Gasteiger partial charge is 0.220 e. The van der Waals surface area contributed by atoms with Crippen LogP contribution in [0.1, 0.15) is 44.2 Å². The molecule has 23 heavy (non-hydrogen) atoms. The van der Waals surface area contributed by atoms with Gasteiger partial charge in [-0.3, -0.25) is 14.7 Å². The number of hydrogen-bond donors (Lipinski definition) is 1. The number of pyridine rings is 1. The molecule has 6 nitrogen and oxygen atoms in total. The van der Waals surface area contributed by atoms with Crippen molar-refractivity contribution < 1.29 is 14.3 Å². The highest BCUT2D eigenvalue weighted by molar-refractivity contribution is 5.83. The van der Waals surface area contributed by atoms with Crippen LogP contribution in [0.2, 0.25) is 0 Å². The summed E-state index contributed by atoms with van der Waals surface area (Å²) < 4.78 is 5.65. The van der Waals surface area contributed by atoms with Gasteiger partial charge < -0.3 is 14.8 Å². The van der Waals surface area contributed by atoms with Gasteiger partial charge in [-0.1, -0.05) is 0 Å². The first-order valence-corrected chi connectivity index (χ1v) is 8.10. The molecule has 0 radical (unpaired) electrons. The maximum absolute atomic E-state index is 11.5. The monoisotopic (exact) mass is 319 g/mol. The predicted octanol–water partition coefficient (Wildman–Crippen LogP) is 1.71. The first-order valence-electron chi connectivity index (χ1n) is 8.10. The summed E-state index contributed by atoms with van der Waals surface area (Å²) in [6, 6.07) is 2.44. The molecule has 1 unspecified atom stereocenters. The van der Waals surface area contributed by atoms with E-state index in [0.29, 0.717) is 19.2 Å². The Labute approximate surface area is 137 Å². The van der Waals surface area contributed by atoms with Crippen molar-refractivity contribution >= 4 is 11.7 Å².